The molecular formula is C51H44Cl6N15O9PS3Sn. The Balaban J connectivity index is 0.000000181. The predicted molar refractivity (Wildman–Crippen MR) is 343 cm³/mol. The van der Waals surface area contributed by atoms with Crippen molar-refractivity contribution in [1.82, 2.24) is 54.5 Å². The molecule has 5 N–H and O–H groups in total. The van der Waals surface area contributed by atoms with Crippen molar-refractivity contribution >= 4 is 154 Å². The number of aryl methyl sites for hydroxylation is 3. The third-order valence-corrected chi connectivity index (χ3v) is 13.9. The number of nitrogens with one attached hydrogen (secondary N) is 1. The van der Waals surface area contributed by atoms with Gasteiger partial charge in [0.2, 0.25) is 14.7 Å². The van der Waals surface area contributed by atoms with Gasteiger partial charge in [-0.1, -0.05) is 89.4 Å². The van der Waals surface area contributed by atoms with Gasteiger partial charge in [0.1, 0.15) is 27.3 Å². The number of ether oxygens (including phenoxy) is 3. The number of para-hydroxylation sites is 3. The van der Waals surface area contributed by atoms with Crippen LogP contribution in [0.3, 0.4) is 0 Å². The Kier molecular flexibility index (Phi) is 25.0. The fourth-order valence-corrected chi connectivity index (χ4v) is 9.35. The summed E-state index contributed by atoms with van der Waals surface area (Å²) in [7, 11) is 14.7. The van der Waals surface area contributed by atoms with Gasteiger partial charge in [-0.15, -0.1) is 20.4 Å². The third-order valence-electron chi connectivity index (χ3n) is 11.5. The molecule has 0 saturated heterocycles. The Morgan fingerprint density at radius 1 is 0.640 bits per heavy atom. The molecule has 0 aliphatic rings. The third kappa shape index (κ3) is 17.8. The second kappa shape index (κ2) is 31.6. The number of aromatic amines is 1. The molecule has 0 unspecified atom stereocenters. The van der Waals surface area contributed by atoms with Crippen LogP contribution in [0.2, 0.25) is 0 Å². The molecule has 0 saturated carbocycles. The number of carbonyl (C=O) groups is 1. The monoisotopic (exact) mass is 1470 g/mol. The van der Waals surface area contributed by atoms with Gasteiger partial charge in [-0.25, -0.2) is 9.77 Å². The number of hydrogen-bond donors (Lipinski definition) is 3. The van der Waals surface area contributed by atoms with E-state index in [9.17, 15) is 29.6 Å². The first kappa shape index (κ1) is 68.1. The molecule has 24 nitrogen and oxygen atoms in total. The van der Waals surface area contributed by atoms with Crippen LogP contribution in [-0.2, 0) is 4.57 Å². The van der Waals surface area contributed by atoms with E-state index >= 15 is 0 Å². The maximum atomic E-state index is 11.2. The molecule has 0 fully saturated rings. The molecule has 2 radical (unpaired) electrons. The van der Waals surface area contributed by atoms with E-state index < -0.39 is 34.3 Å². The summed E-state index contributed by atoms with van der Waals surface area (Å²) in [4.78, 5) is 32.7. The zero-order chi connectivity index (χ0) is 63.0. The molecule has 0 atom stereocenters. The topological polar surface area (TPSA) is 320 Å². The molecule has 0 aliphatic heterocycles. The molecule has 5 aromatic heterocycles. The van der Waals surface area contributed by atoms with Gasteiger partial charge in [0.15, 0.2) is 17.5 Å². The van der Waals surface area contributed by atoms with Crippen LogP contribution in [0.15, 0.2) is 127 Å². The van der Waals surface area contributed by atoms with E-state index in [0.29, 0.717) is 60.4 Å². The molecule has 446 valence electrons. The molecule has 0 bridgehead atoms. The summed E-state index contributed by atoms with van der Waals surface area (Å²) in [5, 5.41) is 51.9. The van der Waals surface area contributed by atoms with Gasteiger partial charge in [0, 0.05) is 45.6 Å². The number of nitrogens with zero attached hydrogens (tertiary/aromatic N) is 12. The minimum atomic E-state index is -3.22. The van der Waals surface area contributed by atoms with Crippen LogP contribution in [0.1, 0.15) is 27.0 Å². The average Bonchev–Trinajstić information content (AvgIpc) is 1.81. The van der Waals surface area contributed by atoms with E-state index in [-0.39, 0.29) is 21.9 Å². The molecular weight excluding hydrogens is 1430 g/mol. The number of benzene rings is 6. The van der Waals surface area contributed by atoms with Crippen molar-refractivity contribution < 1.29 is 33.4 Å². The fourth-order valence-electron chi connectivity index (χ4n) is 7.43. The van der Waals surface area contributed by atoms with Crippen LogP contribution in [0.5, 0.6) is 17.2 Å². The van der Waals surface area contributed by atoms with Crippen molar-refractivity contribution in [2.75, 3.05) is 32.9 Å². The van der Waals surface area contributed by atoms with E-state index in [2.05, 4.69) is 74.5 Å². The number of fused-ring (bicyclic) bond motifs is 2. The van der Waals surface area contributed by atoms with E-state index in [1.54, 1.807) is 50.3 Å². The van der Waals surface area contributed by atoms with Gasteiger partial charge in [-0.05, 0) is 132 Å². The number of anilines is 1. The van der Waals surface area contributed by atoms with Crippen molar-refractivity contribution in [2.45, 2.75) is 20.8 Å². The van der Waals surface area contributed by atoms with Crippen molar-refractivity contribution in [3.8, 4) is 72.6 Å². The number of nitrogens with two attached hydrogens (primary N) is 2. The number of hydrogen-bond acceptors (Lipinski definition) is 21. The van der Waals surface area contributed by atoms with Crippen molar-refractivity contribution in [3.05, 3.63) is 175 Å². The summed E-state index contributed by atoms with van der Waals surface area (Å²) >= 11 is 25.9. The fraction of sp³-hybridized carbons (Fsp3) is 0.118. The molecule has 0 amide bonds. The van der Waals surface area contributed by atoms with Crippen LogP contribution in [0.4, 0.5) is 17.1 Å². The van der Waals surface area contributed by atoms with Gasteiger partial charge < -0.3 is 25.8 Å². The van der Waals surface area contributed by atoms with Crippen molar-refractivity contribution in [1.29, 1.82) is 0 Å². The molecule has 0 spiro atoms. The summed E-state index contributed by atoms with van der Waals surface area (Å²) in [5.74, 6) is 9.60. The summed E-state index contributed by atoms with van der Waals surface area (Å²) in [6.45, 7) is 5.29. The number of rotatable bonds is 11. The average molecular weight is 1470 g/mol. The number of aromatic nitrogens is 11. The molecule has 5 heterocycles. The molecule has 86 heavy (non-hydrogen) atoms. The second-order valence-corrected chi connectivity index (χ2v) is 30.4. The van der Waals surface area contributed by atoms with Gasteiger partial charge in [-0.3, -0.25) is 29.6 Å². The Bertz CT molecular complexity index is 4310. The SMILES string of the molecule is COc1ccccc1-c1n[nH]c(=S)n1N.COc1ccccc1-c1nnc2sc(-c3ccc(C)c(N)c3)nn12.COc1ccccc1-c1nnc2sc(-c3ccc(C)c([N+](=O)[O-])c3)nn12.Cc1ccc(C(=O)Cl)cc1[N+](=O)[O-].O=P(Cl)(Cl)Cl.[Cl][Sn][Cl]. The van der Waals surface area contributed by atoms with Crippen LogP contribution in [0.25, 0.3) is 65.2 Å². The van der Waals surface area contributed by atoms with E-state index in [0.717, 1.165) is 49.2 Å². The number of nitro benzene ring substituents is 2. The number of methoxy groups -OCH3 is 3. The number of carbonyl (C=O) groups excluding carboxylic acids is 1. The van der Waals surface area contributed by atoms with Gasteiger partial charge in [0.25, 0.3) is 16.6 Å². The van der Waals surface area contributed by atoms with Crippen LogP contribution in [0, 0.1) is 45.8 Å². The standard InChI is InChI=1S/C17H13N5O3S.C17H15N5OS.C9H10N4OS.C8H6ClNO3.Cl3OP.2ClH.Sn/c1-10-7-8-11(9-13(10)22(23)24)16-20-21-15(18-19-17(21)26-16)12-5-3-4-6-14(12)25-2;1-10-7-8-11(9-13(10)18)16-21-22-15(19-20-17(22)24-16)12-5-3-4-6-14(12)23-2;1-14-7-5-3-2-4-6(7)8-11-12-9(15)13(8)10;1-5-2-3-6(8(9)11)4-7(5)10(12)13;1-5(2,3)4;;;/h3-9H,1-2H3;3-9H,18H2,1-2H3;2-5H,10H2,1H3,(H,12,15);2-4H,1H3;;2*1H;/q;;;;;;;+2/p-2. The molecule has 35 heteroatoms. The normalized spacial score (nSPS) is 10.6. The summed E-state index contributed by atoms with van der Waals surface area (Å²) in [6, 6.07) is 37.8. The van der Waals surface area contributed by atoms with Crippen LogP contribution in [-0.4, -0.2) is 110 Å². The zero-order valence-corrected chi connectivity index (χ0v) is 56.0. The second-order valence-electron chi connectivity index (χ2n) is 16.9. The van der Waals surface area contributed by atoms with E-state index in [1.807, 2.05) is 104 Å². The summed E-state index contributed by atoms with van der Waals surface area (Å²) < 4.78 is 30.6. The molecule has 11 rings (SSSR count). The zero-order valence-electron chi connectivity index (χ0n) is 45.3. The van der Waals surface area contributed by atoms with Crippen molar-refractivity contribution in [2.24, 2.45) is 0 Å². The number of nitro groups is 2. The van der Waals surface area contributed by atoms with Crippen molar-refractivity contribution in [3.63, 3.8) is 0 Å². The Morgan fingerprint density at radius 3 is 1.41 bits per heavy atom. The number of nitrogen functional groups attached to an aromatic ring is 2. The number of halogens is 6. The first-order valence-corrected chi connectivity index (χ1v) is 38.0. The van der Waals surface area contributed by atoms with Gasteiger partial charge in [-0.2, -0.15) is 24.3 Å². The quantitative estimate of drug-likeness (QED) is 0.0158. The first-order chi connectivity index (χ1) is 40.9. The van der Waals surface area contributed by atoms with E-state index in [1.165, 1.54) is 51.6 Å². The maximum absolute atomic E-state index is 11.2. The molecule has 0 aliphatic carbocycles. The van der Waals surface area contributed by atoms with Gasteiger partial charge >= 0.3 is 41.9 Å². The summed E-state index contributed by atoms with van der Waals surface area (Å²) in [5.41, 5.74) is 13.1. The van der Waals surface area contributed by atoms with Crippen LogP contribution < -0.4 is 25.8 Å². The summed E-state index contributed by atoms with van der Waals surface area (Å²) in [6.07, 6.45) is 0. The Hall–Kier alpha value is -7.02. The van der Waals surface area contributed by atoms with Crippen LogP contribution >= 0.6 is 103 Å². The number of H-pyrrole nitrogens is 1. The minimum absolute atomic E-state index is 0.0680. The Morgan fingerprint density at radius 2 is 1.02 bits per heavy atom. The molecule has 6 aromatic carbocycles. The Labute approximate surface area is 538 Å². The van der Waals surface area contributed by atoms with E-state index in [4.69, 9.17) is 67.4 Å². The first-order valence-electron chi connectivity index (χ1n) is 23.9. The van der Waals surface area contributed by atoms with Gasteiger partial charge in [0.05, 0.1) is 47.9 Å². The molecule has 11 aromatic rings. The predicted octanol–water partition coefficient (Wildman–Crippen LogP) is 14.6.